The van der Waals surface area contributed by atoms with Crippen LogP contribution in [0.5, 0.6) is 5.88 Å². The molecule has 0 bridgehead atoms. The molecule has 1 aliphatic rings. The predicted molar refractivity (Wildman–Crippen MR) is 55.6 cm³/mol. The Morgan fingerprint density at radius 3 is 3.07 bits per heavy atom. The Morgan fingerprint density at radius 2 is 2.43 bits per heavy atom. The van der Waals surface area contributed by atoms with Gasteiger partial charge in [0.15, 0.2) is 0 Å². The number of fused-ring (bicyclic) bond motifs is 1. The van der Waals surface area contributed by atoms with Crippen molar-refractivity contribution in [3.63, 3.8) is 0 Å². The summed E-state index contributed by atoms with van der Waals surface area (Å²) in [5.74, 6) is 2.11. The Hall–Kier alpha value is -0.990. The molecule has 0 aliphatic carbocycles. The SMILES string of the molecule is CC[C@@H]1COc2c(C(C)C)cnn2C1. The number of hydrogen-bond acceptors (Lipinski definition) is 2. The summed E-state index contributed by atoms with van der Waals surface area (Å²) in [6.45, 7) is 8.41. The van der Waals surface area contributed by atoms with Crippen LogP contribution in [0.1, 0.15) is 38.7 Å². The molecule has 0 fully saturated rings. The van der Waals surface area contributed by atoms with E-state index in [1.54, 1.807) is 0 Å². The molecule has 1 aromatic heterocycles. The van der Waals surface area contributed by atoms with Crippen LogP contribution < -0.4 is 4.74 Å². The van der Waals surface area contributed by atoms with Gasteiger partial charge in [0, 0.05) is 11.5 Å². The zero-order valence-electron chi connectivity index (χ0n) is 9.16. The number of rotatable bonds is 2. The van der Waals surface area contributed by atoms with Crippen molar-refractivity contribution in [2.24, 2.45) is 5.92 Å². The fourth-order valence-corrected chi connectivity index (χ4v) is 1.81. The zero-order chi connectivity index (χ0) is 10.1. The van der Waals surface area contributed by atoms with E-state index in [1.165, 1.54) is 5.56 Å². The molecule has 3 heteroatoms. The van der Waals surface area contributed by atoms with E-state index in [-0.39, 0.29) is 0 Å². The molecule has 2 rings (SSSR count). The first-order chi connectivity index (χ1) is 6.72. The Morgan fingerprint density at radius 1 is 1.64 bits per heavy atom. The van der Waals surface area contributed by atoms with Crippen molar-refractivity contribution in [2.75, 3.05) is 6.61 Å². The standard InChI is InChI=1S/C11H18N2O/c1-4-9-6-13-11(14-7-9)10(5-12-13)8(2)3/h5,8-9H,4,6-7H2,1-3H3/t9-/m0/s1. The first-order valence-corrected chi connectivity index (χ1v) is 5.40. The average Bonchev–Trinajstić information content (AvgIpc) is 2.59. The Kier molecular flexibility index (Phi) is 2.48. The van der Waals surface area contributed by atoms with Crippen molar-refractivity contribution in [3.8, 4) is 5.88 Å². The summed E-state index contributed by atoms with van der Waals surface area (Å²) in [5, 5.41) is 4.37. The molecule has 0 saturated carbocycles. The second-order valence-corrected chi connectivity index (χ2v) is 4.33. The van der Waals surface area contributed by atoms with Crippen LogP contribution >= 0.6 is 0 Å². The lowest BCUT2D eigenvalue weighted by molar-refractivity contribution is 0.159. The van der Waals surface area contributed by atoms with Gasteiger partial charge in [0.05, 0.1) is 19.3 Å². The third-order valence-electron chi connectivity index (χ3n) is 2.90. The Labute approximate surface area is 85.1 Å². The monoisotopic (exact) mass is 194 g/mol. The fourth-order valence-electron chi connectivity index (χ4n) is 1.81. The summed E-state index contributed by atoms with van der Waals surface area (Å²) < 4.78 is 7.77. The smallest absolute Gasteiger partial charge is 0.215 e. The van der Waals surface area contributed by atoms with Crippen LogP contribution in [0.3, 0.4) is 0 Å². The molecule has 0 N–H and O–H groups in total. The highest BCUT2D eigenvalue weighted by Crippen LogP contribution is 2.30. The molecule has 1 aromatic rings. The van der Waals surface area contributed by atoms with Crippen LogP contribution in [0.25, 0.3) is 0 Å². The second-order valence-electron chi connectivity index (χ2n) is 4.33. The molecule has 0 saturated heterocycles. The van der Waals surface area contributed by atoms with Gasteiger partial charge in [-0.2, -0.15) is 5.10 Å². The molecule has 1 atom stereocenters. The lowest BCUT2D eigenvalue weighted by atomic mass is 10.1. The number of aromatic nitrogens is 2. The van der Waals surface area contributed by atoms with Gasteiger partial charge in [0.25, 0.3) is 0 Å². The highest BCUT2D eigenvalue weighted by molar-refractivity contribution is 5.28. The minimum atomic E-state index is 0.497. The molecule has 0 radical (unpaired) electrons. The van der Waals surface area contributed by atoms with E-state index in [0.717, 1.165) is 25.5 Å². The van der Waals surface area contributed by atoms with Gasteiger partial charge in [0.1, 0.15) is 0 Å². The molecule has 0 unspecified atom stereocenters. The van der Waals surface area contributed by atoms with Gasteiger partial charge in [0.2, 0.25) is 5.88 Å². The molecule has 2 heterocycles. The van der Waals surface area contributed by atoms with Crippen LogP contribution in [0.15, 0.2) is 6.20 Å². The number of hydrogen-bond donors (Lipinski definition) is 0. The van der Waals surface area contributed by atoms with Crippen molar-refractivity contribution < 1.29 is 4.74 Å². The Balaban J connectivity index is 2.25. The van der Waals surface area contributed by atoms with Crippen LogP contribution in [0.4, 0.5) is 0 Å². The lowest BCUT2D eigenvalue weighted by Gasteiger charge is -2.24. The molecule has 3 nitrogen and oxygen atoms in total. The van der Waals surface area contributed by atoms with Crippen LogP contribution in [0.2, 0.25) is 0 Å². The predicted octanol–water partition coefficient (Wildman–Crippen LogP) is 2.43. The summed E-state index contributed by atoms with van der Waals surface area (Å²) in [4.78, 5) is 0. The molecule has 14 heavy (non-hydrogen) atoms. The van der Waals surface area contributed by atoms with Crippen molar-refractivity contribution in [3.05, 3.63) is 11.8 Å². The highest BCUT2D eigenvalue weighted by atomic mass is 16.5. The molecule has 0 amide bonds. The van der Waals surface area contributed by atoms with E-state index >= 15 is 0 Å². The van der Waals surface area contributed by atoms with E-state index in [9.17, 15) is 0 Å². The van der Waals surface area contributed by atoms with E-state index in [2.05, 4.69) is 25.9 Å². The van der Waals surface area contributed by atoms with Gasteiger partial charge >= 0.3 is 0 Å². The first kappa shape index (κ1) is 9.56. The lowest BCUT2D eigenvalue weighted by Crippen LogP contribution is -2.25. The number of ether oxygens (including phenoxy) is 1. The largest absolute Gasteiger partial charge is 0.477 e. The minimum absolute atomic E-state index is 0.497. The van der Waals surface area contributed by atoms with Crippen molar-refractivity contribution >= 4 is 0 Å². The topological polar surface area (TPSA) is 27.1 Å². The number of nitrogens with zero attached hydrogens (tertiary/aromatic N) is 2. The van der Waals surface area contributed by atoms with Crippen molar-refractivity contribution in [2.45, 2.75) is 39.7 Å². The third-order valence-corrected chi connectivity index (χ3v) is 2.90. The minimum Gasteiger partial charge on any atom is -0.477 e. The summed E-state index contributed by atoms with van der Waals surface area (Å²) in [7, 11) is 0. The highest BCUT2D eigenvalue weighted by Gasteiger charge is 2.22. The van der Waals surface area contributed by atoms with Crippen LogP contribution in [-0.2, 0) is 6.54 Å². The van der Waals surface area contributed by atoms with E-state index in [4.69, 9.17) is 4.74 Å². The molecular formula is C11H18N2O. The molecule has 0 aromatic carbocycles. The molecular weight excluding hydrogens is 176 g/mol. The van der Waals surface area contributed by atoms with Crippen LogP contribution in [-0.4, -0.2) is 16.4 Å². The normalized spacial score (nSPS) is 20.7. The average molecular weight is 194 g/mol. The zero-order valence-corrected chi connectivity index (χ0v) is 9.16. The molecule has 1 aliphatic heterocycles. The van der Waals surface area contributed by atoms with Gasteiger partial charge in [-0.15, -0.1) is 0 Å². The molecule has 78 valence electrons. The fraction of sp³-hybridized carbons (Fsp3) is 0.727. The van der Waals surface area contributed by atoms with E-state index in [1.807, 2.05) is 10.9 Å². The van der Waals surface area contributed by atoms with E-state index < -0.39 is 0 Å². The Bertz CT molecular complexity index is 317. The second kappa shape index (κ2) is 3.64. The van der Waals surface area contributed by atoms with Gasteiger partial charge in [-0.3, -0.25) is 0 Å². The summed E-state index contributed by atoms with van der Waals surface area (Å²) in [5.41, 5.74) is 1.24. The maximum Gasteiger partial charge on any atom is 0.215 e. The van der Waals surface area contributed by atoms with Gasteiger partial charge in [-0.1, -0.05) is 20.8 Å². The summed E-state index contributed by atoms with van der Waals surface area (Å²) >= 11 is 0. The van der Waals surface area contributed by atoms with Crippen molar-refractivity contribution in [1.82, 2.24) is 9.78 Å². The maximum atomic E-state index is 5.76. The third kappa shape index (κ3) is 1.51. The van der Waals surface area contributed by atoms with Gasteiger partial charge < -0.3 is 4.74 Å². The van der Waals surface area contributed by atoms with Crippen molar-refractivity contribution in [1.29, 1.82) is 0 Å². The quantitative estimate of drug-likeness (QED) is 0.723. The first-order valence-electron chi connectivity index (χ1n) is 5.40. The summed E-state index contributed by atoms with van der Waals surface area (Å²) in [6, 6.07) is 0. The molecule has 0 spiro atoms. The van der Waals surface area contributed by atoms with Gasteiger partial charge in [-0.05, 0) is 12.3 Å². The van der Waals surface area contributed by atoms with Crippen LogP contribution in [0, 0.1) is 5.92 Å². The maximum absolute atomic E-state index is 5.76. The summed E-state index contributed by atoms with van der Waals surface area (Å²) in [6.07, 6.45) is 3.11. The van der Waals surface area contributed by atoms with E-state index in [0.29, 0.717) is 11.8 Å². The van der Waals surface area contributed by atoms with Gasteiger partial charge in [-0.25, -0.2) is 4.68 Å².